The molecule has 2 heterocycles. The Morgan fingerprint density at radius 2 is 1.82 bits per heavy atom. The molecule has 0 aliphatic carbocycles. The summed E-state index contributed by atoms with van der Waals surface area (Å²) in [5.74, 6) is -1.79. The highest BCUT2D eigenvalue weighted by Crippen LogP contribution is 2.30. The van der Waals surface area contributed by atoms with E-state index in [4.69, 9.17) is 4.42 Å². The molecule has 0 atom stereocenters. The highest BCUT2D eigenvalue weighted by molar-refractivity contribution is 7.93. The van der Waals surface area contributed by atoms with Crippen LogP contribution in [-0.4, -0.2) is 48.4 Å². The quantitative estimate of drug-likeness (QED) is 0.454. The van der Waals surface area contributed by atoms with Crippen molar-refractivity contribution in [2.75, 3.05) is 23.9 Å². The molecule has 3 aromatic rings. The fourth-order valence-electron chi connectivity index (χ4n) is 4.03. The molecule has 11 heteroatoms. The van der Waals surface area contributed by atoms with Crippen LogP contribution in [-0.2, 0) is 16.6 Å². The Morgan fingerprint density at radius 3 is 2.41 bits per heavy atom. The summed E-state index contributed by atoms with van der Waals surface area (Å²) in [5, 5.41) is 6.21. The summed E-state index contributed by atoms with van der Waals surface area (Å²) >= 11 is 0. The molecule has 1 saturated heterocycles. The van der Waals surface area contributed by atoms with Gasteiger partial charge >= 0.3 is 6.43 Å². The smallest absolute Gasteiger partial charge is 0.314 e. The molecule has 0 amide bonds. The van der Waals surface area contributed by atoms with Gasteiger partial charge in [-0.05, 0) is 56.7 Å². The van der Waals surface area contributed by atoms with Crippen molar-refractivity contribution in [3.8, 4) is 11.5 Å². The number of aromatic nitrogens is 2. The number of alkyl halides is 2. The molecule has 0 unspecified atom stereocenters. The van der Waals surface area contributed by atoms with Crippen LogP contribution in [0.15, 0.2) is 52.9 Å². The van der Waals surface area contributed by atoms with Crippen molar-refractivity contribution in [3.63, 3.8) is 0 Å². The van der Waals surface area contributed by atoms with Gasteiger partial charge in [0.05, 0.1) is 17.5 Å². The fraction of sp³-hybridized carbons (Fsp3) is 0.391. The topological polar surface area (TPSA) is 79.5 Å². The number of para-hydroxylation sites is 1. The first-order valence-corrected chi connectivity index (χ1v) is 12.5. The number of hydrogen-bond donors (Lipinski definition) is 0. The van der Waals surface area contributed by atoms with Gasteiger partial charge in [0.25, 0.3) is 5.89 Å². The molecule has 7 nitrogen and oxygen atoms in total. The van der Waals surface area contributed by atoms with Crippen LogP contribution >= 0.6 is 0 Å². The molecule has 0 bridgehead atoms. The van der Waals surface area contributed by atoms with E-state index in [9.17, 15) is 17.2 Å². The summed E-state index contributed by atoms with van der Waals surface area (Å²) in [5.41, 5.74) is 0.708. The molecule has 2 aromatic carbocycles. The van der Waals surface area contributed by atoms with Gasteiger partial charge in [-0.1, -0.05) is 31.2 Å². The number of sulfonamides is 1. The van der Waals surface area contributed by atoms with Crippen molar-refractivity contribution in [1.29, 1.82) is 0 Å². The average Bonchev–Trinajstić information content (AvgIpc) is 3.34. The lowest BCUT2D eigenvalue weighted by Gasteiger charge is -2.35. The van der Waals surface area contributed by atoms with E-state index < -0.39 is 33.4 Å². The third kappa shape index (κ3) is 5.10. The SMILES string of the molecule is CCN1CCC(S(=O)(=O)N(Cc2ccc(-c3nnc(C(F)F)o3)cc2F)c2ccccc2)CC1. The van der Waals surface area contributed by atoms with Crippen LogP contribution < -0.4 is 4.31 Å². The molecular formula is C23H25F3N4O3S. The molecule has 182 valence electrons. The van der Waals surface area contributed by atoms with Gasteiger partial charge < -0.3 is 9.32 Å². The van der Waals surface area contributed by atoms with E-state index in [0.29, 0.717) is 31.6 Å². The minimum absolute atomic E-state index is 0.127. The minimum atomic E-state index is -3.78. The van der Waals surface area contributed by atoms with Gasteiger partial charge in [0.1, 0.15) is 5.82 Å². The minimum Gasteiger partial charge on any atom is -0.415 e. The van der Waals surface area contributed by atoms with Crippen LogP contribution in [0.5, 0.6) is 0 Å². The Bertz CT molecular complexity index is 1210. The van der Waals surface area contributed by atoms with Crippen molar-refractivity contribution >= 4 is 15.7 Å². The van der Waals surface area contributed by atoms with Crippen LogP contribution in [0.4, 0.5) is 18.9 Å². The van der Waals surface area contributed by atoms with Crippen molar-refractivity contribution < 1.29 is 26.0 Å². The molecule has 0 saturated carbocycles. The van der Waals surface area contributed by atoms with Gasteiger partial charge in [0.15, 0.2) is 0 Å². The number of halogens is 3. The number of likely N-dealkylation sites (tertiary alicyclic amines) is 1. The lowest BCUT2D eigenvalue weighted by atomic mass is 10.1. The number of rotatable bonds is 8. The van der Waals surface area contributed by atoms with Crippen molar-refractivity contribution in [2.45, 2.75) is 38.0 Å². The van der Waals surface area contributed by atoms with E-state index in [1.807, 2.05) is 6.92 Å². The van der Waals surface area contributed by atoms with Crippen LogP contribution in [0.2, 0.25) is 0 Å². The Morgan fingerprint density at radius 1 is 1.12 bits per heavy atom. The number of anilines is 1. The van der Waals surface area contributed by atoms with E-state index >= 15 is 4.39 Å². The predicted molar refractivity (Wildman–Crippen MR) is 121 cm³/mol. The van der Waals surface area contributed by atoms with Crippen LogP contribution in [0.1, 0.15) is 37.6 Å². The van der Waals surface area contributed by atoms with Crippen molar-refractivity contribution in [2.24, 2.45) is 0 Å². The van der Waals surface area contributed by atoms with E-state index in [2.05, 4.69) is 15.1 Å². The molecule has 1 aromatic heterocycles. The Kier molecular flexibility index (Phi) is 7.22. The number of nitrogens with zero attached hydrogens (tertiary/aromatic N) is 4. The third-order valence-electron chi connectivity index (χ3n) is 6.00. The molecule has 0 N–H and O–H groups in total. The first kappa shape index (κ1) is 24.2. The summed E-state index contributed by atoms with van der Waals surface area (Å²) in [6.07, 6.45) is -1.92. The Labute approximate surface area is 196 Å². The van der Waals surface area contributed by atoms with Crippen molar-refractivity contribution in [1.82, 2.24) is 15.1 Å². The zero-order chi connectivity index (χ0) is 24.3. The maximum atomic E-state index is 15.0. The predicted octanol–water partition coefficient (Wildman–Crippen LogP) is 4.63. The first-order chi connectivity index (χ1) is 16.3. The molecule has 1 aliphatic heterocycles. The molecule has 0 radical (unpaired) electrons. The zero-order valence-corrected chi connectivity index (χ0v) is 19.4. The lowest BCUT2D eigenvalue weighted by Crippen LogP contribution is -2.45. The van der Waals surface area contributed by atoms with E-state index in [1.165, 1.54) is 16.4 Å². The van der Waals surface area contributed by atoms with E-state index in [1.54, 1.807) is 30.3 Å². The molecular weight excluding hydrogens is 469 g/mol. The summed E-state index contributed by atoms with van der Waals surface area (Å²) < 4.78 is 73.9. The van der Waals surface area contributed by atoms with Gasteiger partial charge in [-0.3, -0.25) is 4.31 Å². The highest BCUT2D eigenvalue weighted by Gasteiger charge is 2.35. The van der Waals surface area contributed by atoms with Crippen LogP contribution in [0.3, 0.4) is 0 Å². The van der Waals surface area contributed by atoms with Gasteiger partial charge in [-0.2, -0.15) is 8.78 Å². The van der Waals surface area contributed by atoms with Crippen LogP contribution in [0, 0.1) is 5.82 Å². The van der Waals surface area contributed by atoms with E-state index in [-0.39, 0.29) is 23.6 Å². The Balaban J connectivity index is 1.62. The molecule has 4 rings (SSSR count). The maximum Gasteiger partial charge on any atom is 0.314 e. The Hall–Kier alpha value is -2.92. The van der Waals surface area contributed by atoms with E-state index in [0.717, 1.165) is 12.6 Å². The fourth-order valence-corrected chi connectivity index (χ4v) is 5.93. The van der Waals surface area contributed by atoms with Gasteiger partial charge in [0, 0.05) is 11.1 Å². The number of benzene rings is 2. The summed E-state index contributed by atoms with van der Waals surface area (Å²) in [7, 11) is -3.78. The lowest BCUT2D eigenvalue weighted by molar-refractivity contribution is 0.116. The second-order valence-corrected chi connectivity index (χ2v) is 10.2. The molecule has 34 heavy (non-hydrogen) atoms. The summed E-state index contributed by atoms with van der Waals surface area (Å²) in [6, 6.07) is 12.5. The third-order valence-corrected chi connectivity index (χ3v) is 8.26. The maximum absolute atomic E-state index is 15.0. The number of piperidine rings is 1. The van der Waals surface area contributed by atoms with Gasteiger partial charge in [-0.15, -0.1) is 10.2 Å². The second kappa shape index (κ2) is 10.1. The first-order valence-electron chi connectivity index (χ1n) is 11.0. The highest BCUT2D eigenvalue weighted by atomic mass is 32.2. The standard InChI is InChI=1S/C23H25F3N4O3S/c1-2-29-12-10-19(11-13-29)34(31,32)30(18-6-4-3-5-7-18)15-17-9-8-16(14-20(17)24)22-27-28-23(33-22)21(25)26/h3-9,14,19,21H,2,10-13,15H2,1H3. The van der Waals surface area contributed by atoms with Gasteiger partial charge in [0.2, 0.25) is 15.9 Å². The number of hydrogen-bond acceptors (Lipinski definition) is 6. The zero-order valence-electron chi connectivity index (χ0n) is 18.6. The van der Waals surface area contributed by atoms with Crippen molar-refractivity contribution in [3.05, 3.63) is 65.8 Å². The summed E-state index contributed by atoms with van der Waals surface area (Å²) in [6.45, 7) is 4.08. The average molecular weight is 495 g/mol. The van der Waals surface area contributed by atoms with Gasteiger partial charge in [-0.25, -0.2) is 12.8 Å². The second-order valence-electron chi connectivity index (χ2n) is 8.07. The monoisotopic (exact) mass is 494 g/mol. The molecule has 0 spiro atoms. The molecule has 1 aliphatic rings. The molecule has 1 fully saturated rings. The van der Waals surface area contributed by atoms with Crippen LogP contribution in [0.25, 0.3) is 11.5 Å². The summed E-state index contributed by atoms with van der Waals surface area (Å²) in [4.78, 5) is 2.20. The largest absolute Gasteiger partial charge is 0.415 e. The normalized spacial score (nSPS) is 15.7.